The van der Waals surface area contributed by atoms with E-state index in [1.807, 2.05) is 39.0 Å². The van der Waals surface area contributed by atoms with Gasteiger partial charge in [0.25, 0.3) is 0 Å². The first-order chi connectivity index (χ1) is 11.4. The monoisotopic (exact) mass is 330 g/mol. The van der Waals surface area contributed by atoms with Gasteiger partial charge in [-0.05, 0) is 26.3 Å². The molecule has 0 atom stereocenters. The highest BCUT2D eigenvalue weighted by atomic mass is 16.7. The average Bonchev–Trinajstić information content (AvgIpc) is 2.90. The molecule has 1 aromatic rings. The molecule has 0 bridgehead atoms. The number of hydrogen-bond donors (Lipinski definition) is 0. The van der Waals surface area contributed by atoms with Gasteiger partial charge in [-0.3, -0.25) is 0 Å². The van der Waals surface area contributed by atoms with Gasteiger partial charge >= 0.3 is 6.09 Å². The van der Waals surface area contributed by atoms with Crippen LogP contribution in [0.3, 0.4) is 0 Å². The van der Waals surface area contributed by atoms with Crippen molar-refractivity contribution in [1.29, 1.82) is 0 Å². The fourth-order valence-electron chi connectivity index (χ4n) is 3.22. The van der Waals surface area contributed by atoms with Crippen LogP contribution in [0.4, 0.5) is 4.79 Å². The molecule has 0 radical (unpaired) electrons. The SMILES string of the molecule is CC(C)(C)OC(=O)N1CCC2(CC1)CC(Cc1ccccc1)=NO2. The Labute approximate surface area is 143 Å². The van der Waals surface area contributed by atoms with Crippen molar-refractivity contribution in [2.75, 3.05) is 13.1 Å². The zero-order chi connectivity index (χ0) is 17.2. The van der Waals surface area contributed by atoms with E-state index in [0.717, 1.165) is 31.4 Å². The summed E-state index contributed by atoms with van der Waals surface area (Å²) in [5.41, 5.74) is 1.65. The molecule has 0 aromatic heterocycles. The molecule has 1 fully saturated rings. The second-order valence-electron chi connectivity index (χ2n) is 7.74. The van der Waals surface area contributed by atoms with E-state index in [9.17, 15) is 4.79 Å². The second-order valence-corrected chi connectivity index (χ2v) is 7.74. The summed E-state index contributed by atoms with van der Waals surface area (Å²) in [6.07, 6.45) is 3.05. The second kappa shape index (κ2) is 6.46. The number of amides is 1. The van der Waals surface area contributed by atoms with Gasteiger partial charge in [-0.25, -0.2) is 4.79 Å². The molecule has 0 N–H and O–H groups in total. The Morgan fingerprint density at radius 3 is 2.54 bits per heavy atom. The predicted molar refractivity (Wildman–Crippen MR) is 93.1 cm³/mol. The summed E-state index contributed by atoms with van der Waals surface area (Å²) < 4.78 is 5.45. The fraction of sp³-hybridized carbons (Fsp3) is 0.579. The maximum atomic E-state index is 12.2. The first kappa shape index (κ1) is 16.8. The maximum absolute atomic E-state index is 12.2. The number of piperidine rings is 1. The normalized spacial score (nSPS) is 19.8. The van der Waals surface area contributed by atoms with Crippen molar-refractivity contribution in [3.8, 4) is 0 Å². The molecule has 2 heterocycles. The lowest BCUT2D eigenvalue weighted by atomic mass is 9.86. The summed E-state index contributed by atoms with van der Waals surface area (Å²) in [6.45, 7) is 6.98. The molecule has 1 amide bonds. The summed E-state index contributed by atoms with van der Waals surface area (Å²) >= 11 is 0. The topological polar surface area (TPSA) is 51.1 Å². The van der Waals surface area contributed by atoms with Crippen LogP contribution in [0.2, 0.25) is 0 Å². The van der Waals surface area contributed by atoms with Crippen LogP contribution in [0.5, 0.6) is 0 Å². The van der Waals surface area contributed by atoms with E-state index >= 15 is 0 Å². The van der Waals surface area contributed by atoms with Gasteiger partial charge < -0.3 is 14.5 Å². The van der Waals surface area contributed by atoms with Gasteiger partial charge in [-0.1, -0.05) is 35.5 Å². The van der Waals surface area contributed by atoms with Gasteiger partial charge in [0.1, 0.15) is 11.2 Å². The van der Waals surface area contributed by atoms with Crippen molar-refractivity contribution in [2.24, 2.45) is 5.16 Å². The van der Waals surface area contributed by atoms with Crippen LogP contribution < -0.4 is 0 Å². The predicted octanol–water partition coefficient (Wildman–Crippen LogP) is 3.78. The zero-order valence-corrected chi connectivity index (χ0v) is 14.7. The molecule has 24 heavy (non-hydrogen) atoms. The van der Waals surface area contributed by atoms with Crippen molar-refractivity contribution in [3.63, 3.8) is 0 Å². The highest BCUT2D eigenvalue weighted by Crippen LogP contribution is 2.35. The summed E-state index contributed by atoms with van der Waals surface area (Å²) in [6, 6.07) is 10.3. The lowest BCUT2D eigenvalue weighted by molar-refractivity contribution is -0.0639. The highest BCUT2D eigenvalue weighted by Gasteiger charge is 2.43. The van der Waals surface area contributed by atoms with Crippen molar-refractivity contribution in [1.82, 2.24) is 4.90 Å². The number of oxime groups is 1. The van der Waals surface area contributed by atoms with Gasteiger partial charge in [0.05, 0.1) is 5.71 Å². The van der Waals surface area contributed by atoms with Crippen molar-refractivity contribution >= 4 is 11.8 Å². The summed E-state index contributed by atoms with van der Waals surface area (Å²) in [5, 5.41) is 4.32. The number of benzene rings is 1. The first-order valence-electron chi connectivity index (χ1n) is 8.61. The summed E-state index contributed by atoms with van der Waals surface area (Å²) in [5.74, 6) is 0. The number of nitrogens with zero attached hydrogens (tertiary/aromatic N) is 2. The summed E-state index contributed by atoms with van der Waals surface area (Å²) in [4.78, 5) is 19.7. The van der Waals surface area contributed by atoms with E-state index in [4.69, 9.17) is 9.57 Å². The van der Waals surface area contributed by atoms with E-state index in [2.05, 4.69) is 17.3 Å². The molecule has 1 saturated heterocycles. The smallest absolute Gasteiger partial charge is 0.410 e. The van der Waals surface area contributed by atoms with E-state index < -0.39 is 5.60 Å². The quantitative estimate of drug-likeness (QED) is 0.829. The highest BCUT2D eigenvalue weighted by molar-refractivity contribution is 5.88. The molecule has 1 spiro atoms. The molecule has 2 aliphatic heterocycles. The molecule has 1 aromatic carbocycles. The largest absolute Gasteiger partial charge is 0.444 e. The van der Waals surface area contributed by atoms with Crippen LogP contribution in [0, 0.1) is 0 Å². The van der Waals surface area contributed by atoms with Gasteiger partial charge in [-0.2, -0.15) is 0 Å². The van der Waals surface area contributed by atoms with Gasteiger partial charge in [0.2, 0.25) is 0 Å². The molecule has 130 valence electrons. The summed E-state index contributed by atoms with van der Waals surface area (Å²) in [7, 11) is 0. The van der Waals surface area contributed by atoms with Crippen molar-refractivity contribution < 1.29 is 14.4 Å². The number of carbonyl (C=O) groups excluding carboxylic acids is 1. The molecule has 0 unspecified atom stereocenters. The fourth-order valence-corrected chi connectivity index (χ4v) is 3.22. The van der Waals surface area contributed by atoms with Crippen LogP contribution >= 0.6 is 0 Å². The Hall–Kier alpha value is -2.04. The van der Waals surface area contributed by atoms with Crippen LogP contribution in [0.15, 0.2) is 35.5 Å². The third kappa shape index (κ3) is 4.08. The Bertz CT molecular complexity index is 611. The van der Waals surface area contributed by atoms with Crippen molar-refractivity contribution in [3.05, 3.63) is 35.9 Å². The zero-order valence-electron chi connectivity index (χ0n) is 14.7. The molecule has 2 aliphatic rings. The maximum Gasteiger partial charge on any atom is 0.410 e. The third-order valence-corrected chi connectivity index (χ3v) is 4.47. The Balaban J connectivity index is 1.51. The minimum absolute atomic E-state index is 0.234. The minimum atomic E-state index is -0.456. The van der Waals surface area contributed by atoms with Gasteiger partial charge in [-0.15, -0.1) is 0 Å². The molecular weight excluding hydrogens is 304 g/mol. The number of likely N-dealkylation sites (tertiary alicyclic amines) is 1. The van der Waals surface area contributed by atoms with Crippen LogP contribution in [0.25, 0.3) is 0 Å². The standard InChI is InChI=1S/C19H26N2O3/c1-18(2,3)23-17(22)21-11-9-19(10-12-21)14-16(20-24-19)13-15-7-5-4-6-8-15/h4-8H,9-14H2,1-3H3. The number of rotatable bonds is 2. The van der Waals surface area contributed by atoms with E-state index in [0.29, 0.717) is 13.1 Å². The molecular formula is C19H26N2O3. The Kier molecular flexibility index (Phi) is 4.52. The molecule has 0 aliphatic carbocycles. The molecule has 5 nitrogen and oxygen atoms in total. The Morgan fingerprint density at radius 2 is 1.92 bits per heavy atom. The lowest BCUT2D eigenvalue weighted by Crippen LogP contribution is -2.48. The van der Waals surface area contributed by atoms with Crippen LogP contribution in [0.1, 0.15) is 45.6 Å². The van der Waals surface area contributed by atoms with E-state index in [1.54, 1.807) is 4.90 Å². The van der Waals surface area contributed by atoms with Crippen molar-refractivity contribution in [2.45, 2.75) is 57.7 Å². The minimum Gasteiger partial charge on any atom is -0.444 e. The van der Waals surface area contributed by atoms with E-state index in [-0.39, 0.29) is 11.7 Å². The third-order valence-electron chi connectivity index (χ3n) is 4.47. The van der Waals surface area contributed by atoms with E-state index in [1.165, 1.54) is 5.56 Å². The van der Waals surface area contributed by atoms with Gasteiger partial charge in [0, 0.05) is 38.8 Å². The van der Waals surface area contributed by atoms with Crippen LogP contribution in [-0.2, 0) is 16.0 Å². The number of ether oxygens (including phenoxy) is 1. The number of carbonyl (C=O) groups is 1. The lowest BCUT2D eigenvalue weighted by Gasteiger charge is -2.37. The molecule has 0 saturated carbocycles. The number of hydrogen-bond acceptors (Lipinski definition) is 4. The molecule has 3 rings (SSSR count). The Morgan fingerprint density at radius 1 is 1.25 bits per heavy atom. The molecule has 5 heteroatoms. The van der Waals surface area contributed by atoms with Crippen LogP contribution in [-0.4, -0.2) is 41.0 Å². The van der Waals surface area contributed by atoms with Gasteiger partial charge in [0.15, 0.2) is 0 Å². The first-order valence-corrected chi connectivity index (χ1v) is 8.61. The average molecular weight is 330 g/mol.